The van der Waals surface area contributed by atoms with Crippen LogP contribution < -0.4 is 5.32 Å². The molecule has 0 fully saturated rings. The summed E-state index contributed by atoms with van der Waals surface area (Å²) >= 11 is 0. The molecule has 0 atom stereocenters. The molecule has 1 aromatic carbocycles. The van der Waals surface area contributed by atoms with Gasteiger partial charge in [0.1, 0.15) is 0 Å². The molecule has 0 saturated heterocycles. The second kappa shape index (κ2) is 4.14. The Morgan fingerprint density at radius 1 is 1.19 bits per heavy atom. The van der Waals surface area contributed by atoms with Crippen LogP contribution in [-0.4, -0.2) is 18.1 Å². The molecular weight excluding hydrogens is 202 g/mol. The van der Waals surface area contributed by atoms with E-state index in [4.69, 9.17) is 0 Å². The van der Waals surface area contributed by atoms with Crippen LogP contribution in [0.5, 0.6) is 0 Å². The molecule has 16 heavy (non-hydrogen) atoms. The molecule has 0 bridgehead atoms. The van der Waals surface area contributed by atoms with Crippen molar-refractivity contribution < 1.29 is 9.59 Å². The summed E-state index contributed by atoms with van der Waals surface area (Å²) in [5.41, 5.74) is 1.91. The summed E-state index contributed by atoms with van der Waals surface area (Å²) in [6.07, 6.45) is 3.04. The number of rotatable bonds is 3. The minimum atomic E-state index is -0.481. The highest BCUT2D eigenvalue weighted by atomic mass is 16.2. The highest BCUT2D eigenvalue weighted by Gasteiger charge is 2.24. The van der Waals surface area contributed by atoms with Gasteiger partial charge in [0.05, 0.1) is 0 Å². The van der Waals surface area contributed by atoms with E-state index in [0.717, 1.165) is 5.56 Å². The van der Waals surface area contributed by atoms with E-state index in [1.165, 1.54) is 6.08 Å². The maximum atomic E-state index is 11.6. The molecular formula is C13H11NO2. The van der Waals surface area contributed by atoms with Gasteiger partial charge in [0.2, 0.25) is 11.6 Å². The molecule has 0 radical (unpaired) electrons. The van der Waals surface area contributed by atoms with Crippen LogP contribution in [0.1, 0.15) is 15.9 Å². The second-order valence-electron chi connectivity index (χ2n) is 3.47. The lowest BCUT2D eigenvalue weighted by Gasteiger charge is -2.16. The lowest BCUT2D eigenvalue weighted by molar-refractivity contribution is -0.111. The molecule has 1 N–H and O–H groups in total. The highest BCUT2D eigenvalue weighted by Crippen LogP contribution is 2.22. The summed E-state index contributed by atoms with van der Waals surface area (Å²) < 4.78 is 0. The van der Waals surface area contributed by atoms with Gasteiger partial charge in [-0.15, -0.1) is 6.58 Å². The van der Waals surface area contributed by atoms with Crippen molar-refractivity contribution >= 4 is 17.3 Å². The van der Waals surface area contributed by atoms with E-state index in [1.54, 1.807) is 18.2 Å². The van der Waals surface area contributed by atoms with Crippen molar-refractivity contribution in [3.63, 3.8) is 0 Å². The molecule has 1 aromatic rings. The zero-order chi connectivity index (χ0) is 11.5. The number of nitrogens with one attached hydrogen (secondary N) is 1. The third-order valence-electron chi connectivity index (χ3n) is 2.40. The monoisotopic (exact) mass is 213 g/mol. The number of hydrogen-bond donors (Lipinski definition) is 1. The fourth-order valence-electron chi connectivity index (χ4n) is 1.65. The number of benzene rings is 1. The summed E-state index contributed by atoms with van der Waals surface area (Å²) in [7, 11) is 0. The molecule has 0 spiro atoms. The normalized spacial score (nSPS) is 14.1. The van der Waals surface area contributed by atoms with E-state index in [0.29, 0.717) is 17.8 Å². The zero-order valence-electron chi connectivity index (χ0n) is 8.69. The fraction of sp³-hybridized carbons (Fsp3) is 0.0769. The van der Waals surface area contributed by atoms with Gasteiger partial charge in [-0.3, -0.25) is 9.59 Å². The Balaban J connectivity index is 2.46. The first kappa shape index (κ1) is 10.4. The Hall–Kier alpha value is -2.16. The molecule has 0 aromatic heterocycles. The Morgan fingerprint density at radius 2 is 1.88 bits per heavy atom. The molecule has 1 aliphatic rings. The number of hydrogen-bond acceptors (Lipinski definition) is 3. The zero-order valence-corrected chi connectivity index (χ0v) is 8.69. The number of Topliss-reactive ketones (excluding diaryl/α,β-unsaturated/α-hetero) is 1. The van der Waals surface area contributed by atoms with Crippen molar-refractivity contribution in [2.24, 2.45) is 0 Å². The summed E-state index contributed by atoms with van der Waals surface area (Å²) in [5, 5.41) is 3.05. The maximum absolute atomic E-state index is 11.6. The van der Waals surface area contributed by atoms with Crippen molar-refractivity contribution in [2.45, 2.75) is 0 Å². The topological polar surface area (TPSA) is 46.2 Å². The van der Waals surface area contributed by atoms with Crippen LogP contribution in [0.3, 0.4) is 0 Å². The van der Waals surface area contributed by atoms with Crippen LogP contribution in [0.15, 0.2) is 43.0 Å². The van der Waals surface area contributed by atoms with Gasteiger partial charge < -0.3 is 5.32 Å². The lowest BCUT2D eigenvalue weighted by Crippen LogP contribution is -2.24. The number of carbonyl (C=O) groups is 2. The molecule has 0 aliphatic heterocycles. The summed E-state index contributed by atoms with van der Waals surface area (Å²) in [6, 6.07) is 7.07. The van der Waals surface area contributed by atoms with E-state index < -0.39 is 11.6 Å². The molecule has 1 aliphatic carbocycles. The maximum Gasteiger partial charge on any atom is 0.233 e. The van der Waals surface area contributed by atoms with Crippen LogP contribution in [0.4, 0.5) is 0 Å². The van der Waals surface area contributed by atoms with Crippen molar-refractivity contribution in [3.05, 3.63) is 54.1 Å². The third-order valence-corrected chi connectivity index (χ3v) is 2.40. The number of ketones is 2. The molecule has 0 amide bonds. The van der Waals surface area contributed by atoms with Gasteiger partial charge in [-0.25, -0.2) is 0 Å². The highest BCUT2D eigenvalue weighted by molar-refractivity contribution is 6.50. The quantitative estimate of drug-likeness (QED) is 0.612. The Morgan fingerprint density at radius 3 is 2.56 bits per heavy atom. The first-order valence-corrected chi connectivity index (χ1v) is 4.98. The number of carbonyl (C=O) groups excluding carboxylic acids is 2. The van der Waals surface area contributed by atoms with Crippen molar-refractivity contribution in [1.82, 2.24) is 5.32 Å². The summed E-state index contributed by atoms with van der Waals surface area (Å²) in [5.74, 6) is -0.926. The van der Waals surface area contributed by atoms with E-state index in [-0.39, 0.29) is 0 Å². The molecule has 80 valence electrons. The summed E-state index contributed by atoms with van der Waals surface area (Å²) in [6.45, 7) is 4.15. The van der Waals surface area contributed by atoms with Crippen LogP contribution in [0.2, 0.25) is 0 Å². The minimum absolute atomic E-state index is 0.445. The lowest BCUT2D eigenvalue weighted by atomic mass is 9.93. The van der Waals surface area contributed by atoms with Crippen molar-refractivity contribution in [1.29, 1.82) is 0 Å². The Kier molecular flexibility index (Phi) is 2.68. The SMILES string of the molecule is C=CCNC1=CC(=O)C(=O)c2ccccc21. The van der Waals surface area contributed by atoms with E-state index in [9.17, 15) is 9.59 Å². The van der Waals surface area contributed by atoms with E-state index >= 15 is 0 Å². The van der Waals surface area contributed by atoms with Crippen LogP contribution >= 0.6 is 0 Å². The molecule has 0 unspecified atom stereocenters. The third kappa shape index (κ3) is 1.67. The minimum Gasteiger partial charge on any atom is -0.381 e. The first-order chi connectivity index (χ1) is 7.74. The molecule has 0 heterocycles. The Labute approximate surface area is 93.5 Å². The number of fused-ring (bicyclic) bond motifs is 1. The van der Waals surface area contributed by atoms with Gasteiger partial charge >= 0.3 is 0 Å². The van der Waals surface area contributed by atoms with E-state index in [1.807, 2.05) is 12.1 Å². The average molecular weight is 213 g/mol. The van der Waals surface area contributed by atoms with Crippen LogP contribution in [0, 0.1) is 0 Å². The molecule has 0 saturated carbocycles. The van der Waals surface area contributed by atoms with Gasteiger partial charge in [-0.2, -0.15) is 0 Å². The predicted octanol–water partition coefficient (Wildman–Crippen LogP) is 1.57. The standard InChI is InChI=1S/C13H11NO2/c1-2-7-14-11-8-12(15)13(16)10-6-4-3-5-9(10)11/h2-6,8,14H,1,7H2. The average Bonchev–Trinajstić information content (AvgIpc) is 2.32. The van der Waals surface area contributed by atoms with Gasteiger partial charge in [0.25, 0.3) is 0 Å². The van der Waals surface area contributed by atoms with Crippen molar-refractivity contribution in [2.75, 3.05) is 6.54 Å². The van der Waals surface area contributed by atoms with E-state index in [2.05, 4.69) is 11.9 Å². The smallest absolute Gasteiger partial charge is 0.233 e. The first-order valence-electron chi connectivity index (χ1n) is 4.98. The Bertz CT molecular complexity index is 500. The fourth-order valence-corrected chi connectivity index (χ4v) is 1.65. The van der Waals surface area contributed by atoms with Gasteiger partial charge in [-0.05, 0) is 0 Å². The molecule has 3 heteroatoms. The molecule has 3 nitrogen and oxygen atoms in total. The molecule has 2 rings (SSSR count). The van der Waals surface area contributed by atoms with Crippen LogP contribution in [0.25, 0.3) is 5.70 Å². The number of allylic oxidation sites excluding steroid dienone is 1. The summed E-state index contributed by atoms with van der Waals surface area (Å²) in [4.78, 5) is 23.0. The predicted molar refractivity (Wildman–Crippen MR) is 62.0 cm³/mol. The van der Waals surface area contributed by atoms with Gasteiger partial charge in [-0.1, -0.05) is 30.3 Å². The second-order valence-corrected chi connectivity index (χ2v) is 3.47. The van der Waals surface area contributed by atoms with Crippen molar-refractivity contribution in [3.8, 4) is 0 Å². The van der Waals surface area contributed by atoms with Crippen LogP contribution in [-0.2, 0) is 4.79 Å². The van der Waals surface area contributed by atoms with Gasteiger partial charge in [0, 0.05) is 29.4 Å². The largest absolute Gasteiger partial charge is 0.381 e. The van der Waals surface area contributed by atoms with Gasteiger partial charge in [0.15, 0.2) is 0 Å².